The molecular formula is C7H7N3S. The van der Waals surface area contributed by atoms with Gasteiger partial charge in [0.05, 0.1) is 5.69 Å². The summed E-state index contributed by atoms with van der Waals surface area (Å²) < 4.78 is 4.23. The Morgan fingerprint density at radius 1 is 1.18 bits per heavy atom. The van der Waals surface area contributed by atoms with Crippen LogP contribution in [0.5, 0.6) is 0 Å². The van der Waals surface area contributed by atoms with Crippen LogP contribution in [0.3, 0.4) is 0 Å². The van der Waals surface area contributed by atoms with Gasteiger partial charge in [-0.2, -0.15) is 4.37 Å². The predicted molar refractivity (Wildman–Crippen MR) is 44.7 cm³/mol. The van der Waals surface area contributed by atoms with Crippen LogP contribution in [-0.4, -0.2) is 14.3 Å². The number of rotatable bonds is 0. The SMILES string of the molecule is Cc1ncnc2c(C)snc12. The summed E-state index contributed by atoms with van der Waals surface area (Å²) in [6.07, 6.45) is 1.58. The molecule has 0 bridgehead atoms. The molecule has 0 amide bonds. The molecular weight excluding hydrogens is 158 g/mol. The van der Waals surface area contributed by atoms with Crippen LogP contribution >= 0.6 is 11.5 Å². The summed E-state index contributed by atoms with van der Waals surface area (Å²) in [6.45, 7) is 3.97. The minimum atomic E-state index is 0.940. The number of hydrogen-bond acceptors (Lipinski definition) is 4. The molecule has 2 heterocycles. The molecule has 2 rings (SSSR count). The molecule has 0 aliphatic heterocycles. The van der Waals surface area contributed by atoms with Crippen LogP contribution in [0.25, 0.3) is 11.0 Å². The third kappa shape index (κ3) is 0.903. The van der Waals surface area contributed by atoms with Crippen LogP contribution in [-0.2, 0) is 0 Å². The van der Waals surface area contributed by atoms with E-state index in [2.05, 4.69) is 14.3 Å². The van der Waals surface area contributed by atoms with Gasteiger partial charge in [-0.05, 0) is 25.4 Å². The molecule has 0 aliphatic rings. The molecule has 0 saturated heterocycles. The molecule has 0 aliphatic carbocycles. The van der Waals surface area contributed by atoms with E-state index in [0.29, 0.717) is 0 Å². The molecule has 0 aromatic carbocycles. The zero-order valence-electron chi connectivity index (χ0n) is 6.33. The fourth-order valence-corrected chi connectivity index (χ4v) is 1.67. The van der Waals surface area contributed by atoms with E-state index in [1.54, 1.807) is 6.33 Å². The Morgan fingerprint density at radius 2 is 2.00 bits per heavy atom. The highest BCUT2D eigenvalue weighted by atomic mass is 32.1. The molecule has 4 heteroatoms. The maximum Gasteiger partial charge on any atom is 0.124 e. The summed E-state index contributed by atoms with van der Waals surface area (Å²) in [4.78, 5) is 9.35. The van der Waals surface area contributed by atoms with Gasteiger partial charge in [-0.3, -0.25) is 0 Å². The molecule has 56 valence electrons. The zero-order chi connectivity index (χ0) is 7.84. The highest BCUT2D eigenvalue weighted by Crippen LogP contribution is 2.19. The monoisotopic (exact) mass is 165 g/mol. The van der Waals surface area contributed by atoms with Crippen molar-refractivity contribution in [3.63, 3.8) is 0 Å². The fourth-order valence-electron chi connectivity index (χ4n) is 0.991. The molecule has 0 fully saturated rings. The molecule has 0 unspecified atom stereocenters. The zero-order valence-corrected chi connectivity index (χ0v) is 7.14. The van der Waals surface area contributed by atoms with Crippen molar-refractivity contribution in [1.29, 1.82) is 0 Å². The first kappa shape index (κ1) is 6.67. The standard InChI is InChI=1S/C7H7N3S/c1-4-6-7(9-3-8-4)5(2)11-10-6/h3H,1-2H3. The van der Waals surface area contributed by atoms with Gasteiger partial charge in [0.2, 0.25) is 0 Å². The Bertz CT molecular complexity index is 393. The van der Waals surface area contributed by atoms with Crippen molar-refractivity contribution in [3.05, 3.63) is 16.9 Å². The minimum absolute atomic E-state index is 0.940. The summed E-state index contributed by atoms with van der Waals surface area (Å²) in [5.41, 5.74) is 2.89. The second kappa shape index (κ2) is 2.23. The Balaban J connectivity index is 2.94. The Kier molecular flexibility index (Phi) is 1.35. The van der Waals surface area contributed by atoms with E-state index >= 15 is 0 Å². The third-order valence-electron chi connectivity index (χ3n) is 1.61. The van der Waals surface area contributed by atoms with E-state index in [9.17, 15) is 0 Å². The fraction of sp³-hybridized carbons (Fsp3) is 0.286. The largest absolute Gasteiger partial charge is 0.239 e. The van der Waals surface area contributed by atoms with Crippen LogP contribution in [0.4, 0.5) is 0 Å². The second-order valence-electron chi connectivity index (χ2n) is 2.40. The van der Waals surface area contributed by atoms with Gasteiger partial charge in [-0.25, -0.2) is 9.97 Å². The Labute approximate surface area is 68.3 Å². The number of aryl methyl sites for hydroxylation is 2. The van der Waals surface area contributed by atoms with Gasteiger partial charge in [-0.1, -0.05) is 0 Å². The predicted octanol–water partition coefficient (Wildman–Crippen LogP) is 1.70. The third-order valence-corrected chi connectivity index (χ3v) is 2.35. The molecule has 3 nitrogen and oxygen atoms in total. The molecule has 0 spiro atoms. The van der Waals surface area contributed by atoms with Gasteiger partial charge in [0.1, 0.15) is 17.4 Å². The van der Waals surface area contributed by atoms with E-state index in [1.165, 1.54) is 11.5 Å². The van der Waals surface area contributed by atoms with Gasteiger partial charge in [0.25, 0.3) is 0 Å². The van der Waals surface area contributed by atoms with Crippen molar-refractivity contribution >= 4 is 22.6 Å². The minimum Gasteiger partial charge on any atom is -0.239 e. The molecule has 0 saturated carbocycles. The van der Waals surface area contributed by atoms with Gasteiger partial charge < -0.3 is 0 Å². The maximum absolute atomic E-state index is 4.23. The first-order chi connectivity index (χ1) is 5.29. The lowest BCUT2D eigenvalue weighted by Crippen LogP contribution is -1.84. The summed E-state index contributed by atoms with van der Waals surface area (Å²) in [7, 11) is 0. The molecule has 0 atom stereocenters. The molecule has 2 aromatic rings. The summed E-state index contributed by atoms with van der Waals surface area (Å²) in [5, 5.41) is 0. The molecule has 0 radical (unpaired) electrons. The van der Waals surface area contributed by atoms with Gasteiger partial charge in [0, 0.05) is 4.88 Å². The lowest BCUT2D eigenvalue weighted by atomic mass is 10.3. The van der Waals surface area contributed by atoms with E-state index in [1.807, 2.05) is 13.8 Å². The number of aromatic nitrogens is 3. The summed E-state index contributed by atoms with van der Waals surface area (Å²) in [5.74, 6) is 0. The van der Waals surface area contributed by atoms with Crippen LogP contribution in [0.2, 0.25) is 0 Å². The van der Waals surface area contributed by atoms with Crippen LogP contribution in [0.15, 0.2) is 6.33 Å². The average molecular weight is 165 g/mol. The normalized spacial score (nSPS) is 10.7. The van der Waals surface area contributed by atoms with Crippen molar-refractivity contribution in [3.8, 4) is 0 Å². The van der Waals surface area contributed by atoms with Crippen molar-refractivity contribution < 1.29 is 0 Å². The first-order valence-electron chi connectivity index (χ1n) is 3.32. The van der Waals surface area contributed by atoms with Crippen LogP contribution < -0.4 is 0 Å². The van der Waals surface area contributed by atoms with E-state index in [0.717, 1.165) is 21.6 Å². The molecule has 0 N–H and O–H groups in total. The quantitative estimate of drug-likeness (QED) is 0.596. The number of nitrogens with zero attached hydrogens (tertiary/aromatic N) is 3. The first-order valence-corrected chi connectivity index (χ1v) is 4.10. The van der Waals surface area contributed by atoms with Crippen molar-refractivity contribution in [2.45, 2.75) is 13.8 Å². The second-order valence-corrected chi connectivity index (χ2v) is 3.37. The highest BCUT2D eigenvalue weighted by Gasteiger charge is 2.04. The maximum atomic E-state index is 4.23. The molecule has 11 heavy (non-hydrogen) atoms. The van der Waals surface area contributed by atoms with E-state index < -0.39 is 0 Å². The van der Waals surface area contributed by atoms with Crippen molar-refractivity contribution in [1.82, 2.24) is 14.3 Å². The van der Waals surface area contributed by atoms with Crippen molar-refractivity contribution in [2.24, 2.45) is 0 Å². The van der Waals surface area contributed by atoms with Gasteiger partial charge >= 0.3 is 0 Å². The van der Waals surface area contributed by atoms with Crippen LogP contribution in [0.1, 0.15) is 10.6 Å². The Morgan fingerprint density at radius 3 is 2.73 bits per heavy atom. The topological polar surface area (TPSA) is 38.7 Å². The van der Waals surface area contributed by atoms with E-state index in [4.69, 9.17) is 0 Å². The number of hydrogen-bond donors (Lipinski definition) is 0. The van der Waals surface area contributed by atoms with Gasteiger partial charge in [0.15, 0.2) is 0 Å². The molecule has 2 aromatic heterocycles. The van der Waals surface area contributed by atoms with Crippen LogP contribution in [0, 0.1) is 13.8 Å². The van der Waals surface area contributed by atoms with Gasteiger partial charge in [-0.15, -0.1) is 0 Å². The summed E-state index contributed by atoms with van der Waals surface area (Å²) in [6, 6.07) is 0. The average Bonchev–Trinajstić information content (AvgIpc) is 2.35. The number of fused-ring (bicyclic) bond motifs is 1. The summed E-state index contributed by atoms with van der Waals surface area (Å²) >= 11 is 1.48. The Hall–Kier alpha value is -1.03. The lowest BCUT2D eigenvalue weighted by Gasteiger charge is -1.90. The smallest absolute Gasteiger partial charge is 0.124 e. The van der Waals surface area contributed by atoms with Crippen molar-refractivity contribution in [2.75, 3.05) is 0 Å². The highest BCUT2D eigenvalue weighted by molar-refractivity contribution is 7.07. The lowest BCUT2D eigenvalue weighted by molar-refractivity contribution is 1.14. The van der Waals surface area contributed by atoms with E-state index in [-0.39, 0.29) is 0 Å².